The van der Waals surface area contributed by atoms with Gasteiger partial charge in [-0.1, -0.05) is 6.08 Å². The fourth-order valence-electron chi connectivity index (χ4n) is 3.44. The number of nitrogens with zero attached hydrogens (tertiary/aromatic N) is 2. The van der Waals surface area contributed by atoms with Gasteiger partial charge < -0.3 is 20.1 Å². The summed E-state index contributed by atoms with van der Waals surface area (Å²) in [6.45, 7) is 4.11. The SMILES string of the molecule is C=CCc1cc(CNC(=NC)NC2CCN(CC(F)(F)F)C2)cc(OC)c1OC.I. The Hall–Kier alpha value is -1.69. The van der Waals surface area contributed by atoms with Gasteiger partial charge in [0.05, 0.1) is 20.8 Å². The van der Waals surface area contributed by atoms with Gasteiger partial charge in [-0.05, 0) is 30.5 Å². The third kappa shape index (κ3) is 7.86. The number of allylic oxidation sites excluding steroid dienone is 1. The topological polar surface area (TPSA) is 58.1 Å². The summed E-state index contributed by atoms with van der Waals surface area (Å²) in [5, 5.41) is 6.41. The number of rotatable bonds is 8. The lowest BCUT2D eigenvalue weighted by molar-refractivity contribution is -0.143. The van der Waals surface area contributed by atoms with Gasteiger partial charge in [0.2, 0.25) is 0 Å². The lowest BCUT2D eigenvalue weighted by Gasteiger charge is -2.20. The standard InChI is InChI=1S/C20H29F3N4O2.HI/c1-5-6-15-9-14(10-17(28-3)18(15)29-4)11-25-19(24-2)26-16-7-8-27(12-16)13-20(21,22)23;/h5,9-10,16H,1,6-8,11-13H2,2-4H3,(H2,24,25,26);1H. The molecule has 1 aromatic carbocycles. The molecule has 1 aliphatic heterocycles. The van der Waals surface area contributed by atoms with Crippen molar-refractivity contribution in [2.24, 2.45) is 4.99 Å². The summed E-state index contributed by atoms with van der Waals surface area (Å²) in [6.07, 6.45) is -1.11. The summed E-state index contributed by atoms with van der Waals surface area (Å²) >= 11 is 0. The summed E-state index contributed by atoms with van der Waals surface area (Å²) in [6, 6.07) is 3.81. The predicted octanol–water partition coefficient (Wildman–Crippen LogP) is 3.35. The van der Waals surface area contributed by atoms with Crippen LogP contribution in [0.5, 0.6) is 11.5 Å². The highest BCUT2D eigenvalue weighted by atomic mass is 127. The molecule has 1 aromatic rings. The number of likely N-dealkylation sites (tertiary alicyclic amines) is 1. The zero-order valence-electron chi connectivity index (χ0n) is 17.5. The van der Waals surface area contributed by atoms with Crippen LogP contribution in [0.25, 0.3) is 0 Å². The average Bonchev–Trinajstić information content (AvgIpc) is 3.09. The molecule has 1 heterocycles. The van der Waals surface area contributed by atoms with Crippen molar-refractivity contribution in [3.8, 4) is 11.5 Å². The molecule has 0 bridgehead atoms. The molecule has 1 saturated heterocycles. The highest BCUT2D eigenvalue weighted by Gasteiger charge is 2.34. The van der Waals surface area contributed by atoms with Crippen molar-refractivity contribution in [2.45, 2.75) is 31.6 Å². The second kappa shape index (κ2) is 12.2. The third-order valence-corrected chi connectivity index (χ3v) is 4.68. The van der Waals surface area contributed by atoms with E-state index in [1.807, 2.05) is 12.1 Å². The zero-order chi connectivity index (χ0) is 21.4. The molecule has 0 aromatic heterocycles. The van der Waals surface area contributed by atoms with E-state index in [1.165, 1.54) is 4.90 Å². The Kier molecular flexibility index (Phi) is 10.7. The molecule has 1 atom stereocenters. The van der Waals surface area contributed by atoms with Crippen molar-refractivity contribution in [1.29, 1.82) is 0 Å². The first kappa shape index (κ1) is 26.3. The van der Waals surface area contributed by atoms with Crippen LogP contribution in [0.2, 0.25) is 0 Å². The average molecular weight is 542 g/mol. The van der Waals surface area contributed by atoms with Crippen molar-refractivity contribution in [1.82, 2.24) is 15.5 Å². The minimum atomic E-state index is -4.18. The number of benzene rings is 1. The maximum absolute atomic E-state index is 12.6. The molecule has 1 unspecified atom stereocenters. The molecule has 170 valence electrons. The lowest BCUT2D eigenvalue weighted by Crippen LogP contribution is -2.44. The van der Waals surface area contributed by atoms with E-state index in [2.05, 4.69) is 22.2 Å². The van der Waals surface area contributed by atoms with Crippen molar-refractivity contribution in [2.75, 3.05) is 40.9 Å². The Bertz CT molecular complexity index is 729. The van der Waals surface area contributed by atoms with Gasteiger partial charge in [0, 0.05) is 38.3 Å². The fraction of sp³-hybridized carbons (Fsp3) is 0.550. The Morgan fingerprint density at radius 2 is 2.07 bits per heavy atom. The van der Waals surface area contributed by atoms with Crippen LogP contribution in [0, 0.1) is 0 Å². The number of methoxy groups -OCH3 is 2. The number of hydrogen-bond donors (Lipinski definition) is 2. The maximum atomic E-state index is 12.6. The molecule has 1 aliphatic rings. The molecule has 0 saturated carbocycles. The van der Waals surface area contributed by atoms with E-state index in [1.54, 1.807) is 27.3 Å². The van der Waals surface area contributed by atoms with E-state index in [4.69, 9.17) is 9.47 Å². The smallest absolute Gasteiger partial charge is 0.401 e. The van der Waals surface area contributed by atoms with Crippen LogP contribution < -0.4 is 20.1 Å². The van der Waals surface area contributed by atoms with E-state index < -0.39 is 12.7 Å². The number of alkyl halides is 3. The van der Waals surface area contributed by atoms with Crippen molar-refractivity contribution in [3.63, 3.8) is 0 Å². The highest BCUT2D eigenvalue weighted by molar-refractivity contribution is 14.0. The Labute approximate surface area is 192 Å². The second-order valence-electron chi connectivity index (χ2n) is 6.89. The summed E-state index contributed by atoms with van der Waals surface area (Å²) < 4.78 is 48.5. The minimum Gasteiger partial charge on any atom is -0.493 e. The molecule has 0 radical (unpaired) electrons. The van der Waals surface area contributed by atoms with Crippen LogP contribution in [0.15, 0.2) is 29.8 Å². The molecule has 0 amide bonds. The van der Waals surface area contributed by atoms with Crippen molar-refractivity contribution < 1.29 is 22.6 Å². The van der Waals surface area contributed by atoms with E-state index in [0.29, 0.717) is 49.9 Å². The molecule has 1 fully saturated rings. The molecule has 0 spiro atoms. The van der Waals surface area contributed by atoms with Gasteiger partial charge >= 0.3 is 6.18 Å². The number of halogens is 4. The van der Waals surface area contributed by atoms with Gasteiger partial charge in [0.15, 0.2) is 17.5 Å². The first-order valence-electron chi connectivity index (χ1n) is 9.40. The van der Waals surface area contributed by atoms with E-state index in [9.17, 15) is 13.2 Å². The molecular formula is C20H30F3IN4O2. The van der Waals surface area contributed by atoms with E-state index in [-0.39, 0.29) is 30.0 Å². The van der Waals surface area contributed by atoms with Gasteiger partial charge in [0.25, 0.3) is 0 Å². The highest BCUT2D eigenvalue weighted by Crippen LogP contribution is 2.33. The van der Waals surface area contributed by atoms with Crippen LogP contribution >= 0.6 is 24.0 Å². The van der Waals surface area contributed by atoms with Crippen LogP contribution in [-0.4, -0.2) is 64.0 Å². The minimum absolute atomic E-state index is 0. The number of hydrogen-bond acceptors (Lipinski definition) is 4. The van der Waals surface area contributed by atoms with E-state index in [0.717, 1.165) is 11.1 Å². The van der Waals surface area contributed by atoms with Crippen LogP contribution in [-0.2, 0) is 13.0 Å². The Morgan fingerprint density at radius 1 is 1.33 bits per heavy atom. The molecule has 30 heavy (non-hydrogen) atoms. The van der Waals surface area contributed by atoms with Gasteiger partial charge in [-0.25, -0.2) is 0 Å². The molecular weight excluding hydrogens is 512 g/mol. The predicted molar refractivity (Wildman–Crippen MR) is 123 cm³/mol. The lowest BCUT2D eigenvalue weighted by atomic mass is 10.1. The second-order valence-corrected chi connectivity index (χ2v) is 6.89. The van der Waals surface area contributed by atoms with Gasteiger partial charge in [-0.2, -0.15) is 13.2 Å². The normalized spacial score (nSPS) is 17.3. The number of ether oxygens (including phenoxy) is 2. The Morgan fingerprint density at radius 3 is 2.63 bits per heavy atom. The van der Waals surface area contributed by atoms with Gasteiger partial charge in [-0.3, -0.25) is 9.89 Å². The number of aliphatic imine (C=N–C) groups is 1. The van der Waals surface area contributed by atoms with Crippen molar-refractivity contribution in [3.05, 3.63) is 35.9 Å². The first-order chi connectivity index (χ1) is 13.8. The fourth-order valence-corrected chi connectivity index (χ4v) is 3.44. The van der Waals surface area contributed by atoms with Crippen LogP contribution in [0.1, 0.15) is 17.5 Å². The van der Waals surface area contributed by atoms with Gasteiger partial charge in [0.1, 0.15) is 0 Å². The summed E-state index contributed by atoms with van der Waals surface area (Å²) in [5.74, 6) is 1.85. The molecule has 10 heteroatoms. The molecule has 2 N–H and O–H groups in total. The Balaban J connectivity index is 0.00000450. The number of guanidine groups is 1. The maximum Gasteiger partial charge on any atom is 0.401 e. The molecule has 2 rings (SSSR count). The first-order valence-corrected chi connectivity index (χ1v) is 9.40. The summed E-state index contributed by atoms with van der Waals surface area (Å²) in [7, 11) is 4.81. The molecule has 0 aliphatic carbocycles. The number of nitrogens with one attached hydrogen (secondary N) is 2. The zero-order valence-corrected chi connectivity index (χ0v) is 19.8. The van der Waals surface area contributed by atoms with Crippen molar-refractivity contribution >= 4 is 29.9 Å². The van der Waals surface area contributed by atoms with Gasteiger partial charge in [-0.15, -0.1) is 30.6 Å². The quantitative estimate of drug-likeness (QED) is 0.229. The largest absolute Gasteiger partial charge is 0.493 e. The third-order valence-electron chi connectivity index (χ3n) is 4.68. The van der Waals surface area contributed by atoms with Crippen LogP contribution in [0.3, 0.4) is 0 Å². The van der Waals surface area contributed by atoms with E-state index >= 15 is 0 Å². The summed E-state index contributed by atoms with van der Waals surface area (Å²) in [5.41, 5.74) is 1.92. The summed E-state index contributed by atoms with van der Waals surface area (Å²) in [4.78, 5) is 5.59. The monoisotopic (exact) mass is 542 g/mol. The van der Waals surface area contributed by atoms with Crippen LogP contribution in [0.4, 0.5) is 13.2 Å². The molecule has 6 nitrogen and oxygen atoms in total.